The predicted molar refractivity (Wildman–Crippen MR) is 117 cm³/mol. The normalized spacial score (nSPS) is 16.0. The summed E-state index contributed by atoms with van der Waals surface area (Å²) < 4.78 is 65.6. The Kier molecular flexibility index (Phi) is 10.2. The molecular weight excluding hydrogens is 514 g/mol. The molecule has 37 heavy (non-hydrogen) atoms. The standard InChI is InChI=1S/C17H24N6.2C2HF3O2/c1-21-11-6-18-16(21)12-22-9-4-14-15(5-10-22)19-13-20-17(14)23-7-2-3-8-23;2*3-2(4,5)1(6)7/h6,11,13H,2-5,7-10,12H2,1H3;2*(H,6,7). The number of rotatable bonds is 3. The third-order valence-electron chi connectivity index (χ3n) is 5.53. The second-order valence-electron chi connectivity index (χ2n) is 8.15. The second kappa shape index (κ2) is 12.7. The molecule has 0 unspecified atom stereocenters. The molecule has 16 heteroatoms. The van der Waals surface area contributed by atoms with E-state index in [0.29, 0.717) is 0 Å². The van der Waals surface area contributed by atoms with Gasteiger partial charge in [-0.3, -0.25) is 4.90 Å². The summed E-state index contributed by atoms with van der Waals surface area (Å²) in [4.78, 5) is 36.4. The molecule has 0 bridgehead atoms. The van der Waals surface area contributed by atoms with Crippen molar-refractivity contribution in [3.8, 4) is 0 Å². The third-order valence-corrected chi connectivity index (χ3v) is 5.53. The van der Waals surface area contributed by atoms with E-state index in [4.69, 9.17) is 19.8 Å². The molecule has 0 amide bonds. The Labute approximate surface area is 207 Å². The molecule has 0 radical (unpaired) electrons. The molecule has 10 nitrogen and oxygen atoms in total. The lowest BCUT2D eigenvalue weighted by Crippen LogP contribution is -2.27. The van der Waals surface area contributed by atoms with Crippen LogP contribution in [0.15, 0.2) is 18.7 Å². The van der Waals surface area contributed by atoms with E-state index >= 15 is 0 Å². The van der Waals surface area contributed by atoms with E-state index in [0.717, 1.165) is 51.4 Å². The molecule has 2 aliphatic rings. The fourth-order valence-corrected chi connectivity index (χ4v) is 3.66. The van der Waals surface area contributed by atoms with E-state index in [9.17, 15) is 26.3 Å². The van der Waals surface area contributed by atoms with Crippen LogP contribution in [0.25, 0.3) is 0 Å². The Morgan fingerprint density at radius 1 is 0.892 bits per heavy atom. The Morgan fingerprint density at radius 3 is 1.92 bits per heavy atom. The quantitative estimate of drug-likeness (QED) is 0.566. The van der Waals surface area contributed by atoms with E-state index in [-0.39, 0.29) is 0 Å². The molecule has 1 saturated heterocycles. The number of imidazole rings is 1. The van der Waals surface area contributed by atoms with Crippen LogP contribution in [-0.4, -0.2) is 85.1 Å². The zero-order valence-corrected chi connectivity index (χ0v) is 19.8. The first kappa shape index (κ1) is 29.8. The number of carbonyl (C=O) groups is 2. The van der Waals surface area contributed by atoms with Gasteiger partial charge in [0.05, 0.1) is 12.2 Å². The van der Waals surface area contributed by atoms with Crippen LogP contribution in [0.2, 0.25) is 0 Å². The Morgan fingerprint density at radius 2 is 1.43 bits per heavy atom. The number of halogens is 6. The van der Waals surface area contributed by atoms with E-state index in [1.807, 2.05) is 12.4 Å². The van der Waals surface area contributed by atoms with Crippen molar-refractivity contribution in [2.45, 2.75) is 44.6 Å². The highest BCUT2D eigenvalue weighted by atomic mass is 19.4. The van der Waals surface area contributed by atoms with Crippen molar-refractivity contribution in [3.63, 3.8) is 0 Å². The summed E-state index contributed by atoms with van der Waals surface area (Å²) in [6, 6.07) is 0. The fraction of sp³-hybridized carbons (Fsp3) is 0.571. The molecule has 2 aromatic heterocycles. The molecule has 2 N–H and O–H groups in total. The first-order valence-corrected chi connectivity index (χ1v) is 11.1. The van der Waals surface area contributed by atoms with Crippen molar-refractivity contribution < 1.29 is 46.1 Å². The number of hydrogen-bond acceptors (Lipinski definition) is 7. The van der Waals surface area contributed by atoms with Gasteiger partial charge in [0, 0.05) is 57.6 Å². The van der Waals surface area contributed by atoms with Crippen LogP contribution in [0.1, 0.15) is 29.9 Å². The van der Waals surface area contributed by atoms with Gasteiger partial charge in [0.25, 0.3) is 0 Å². The summed E-state index contributed by atoms with van der Waals surface area (Å²) in [5, 5.41) is 14.2. The number of carboxylic acids is 2. The monoisotopic (exact) mass is 540 g/mol. The molecule has 4 rings (SSSR count). The van der Waals surface area contributed by atoms with Crippen molar-refractivity contribution in [3.05, 3.63) is 35.8 Å². The van der Waals surface area contributed by atoms with Crippen molar-refractivity contribution in [1.29, 1.82) is 0 Å². The Balaban J connectivity index is 0.000000286. The molecule has 0 aliphatic carbocycles. The number of aromatic nitrogens is 4. The minimum absolute atomic E-state index is 0.907. The number of anilines is 1. The maximum Gasteiger partial charge on any atom is 0.490 e. The molecular formula is C21H26F6N6O4. The van der Waals surface area contributed by atoms with Gasteiger partial charge in [-0.15, -0.1) is 0 Å². The van der Waals surface area contributed by atoms with Crippen LogP contribution < -0.4 is 4.90 Å². The highest BCUT2D eigenvalue weighted by Crippen LogP contribution is 2.26. The third kappa shape index (κ3) is 9.18. The van der Waals surface area contributed by atoms with Crippen molar-refractivity contribution in [2.75, 3.05) is 31.1 Å². The van der Waals surface area contributed by atoms with Gasteiger partial charge in [0.15, 0.2) is 0 Å². The van der Waals surface area contributed by atoms with E-state index in [1.165, 1.54) is 29.9 Å². The van der Waals surface area contributed by atoms with Crippen LogP contribution in [0.3, 0.4) is 0 Å². The van der Waals surface area contributed by atoms with Crippen molar-refractivity contribution in [1.82, 2.24) is 24.4 Å². The van der Waals surface area contributed by atoms with Crippen molar-refractivity contribution in [2.24, 2.45) is 7.05 Å². The molecule has 0 saturated carbocycles. The van der Waals surface area contributed by atoms with Gasteiger partial charge < -0.3 is 19.7 Å². The number of nitrogens with zero attached hydrogens (tertiary/aromatic N) is 6. The van der Waals surface area contributed by atoms with Gasteiger partial charge in [-0.1, -0.05) is 0 Å². The van der Waals surface area contributed by atoms with Crippen LogP contribution in [0.4, 0.5) is 32.2 Å². The largest absolute Gasteiger partial charge is 0.490 e. The van der Waals surface area contributed by atoms with Gasteiger partial charge in [-0.05, 0) is 19.3 Å². The first-order valence-electron chi connectivity index (χ1n) is 11.1. The maximum absolute atomic E-state index is 10.6. The van der Waals surface area contributed by atoms with Gasteiger partial charge in [-0.25, -0.2) is 24.5 Å². The average Bonchev–Trinajstić information content (AvgIpc) is 3.42. The maximum atomic E-state index is 10.6. The lowest BCUT2D eigenvalue weighted by Gasteiger charge is -2.21. The van der Waals surface area contributed by atoms with E-state index in [1.54, 1.807) is 6.33 Å². The minimum Gasteiger partial charge on any atom is -0.475 e. The van der Waals surface area contributed by atoms with Crippen molar-refractivity contribution >= 4 is 17.8 Å². The molecule has 0 spiro atoms. The molecule has 1 fully saturated rings. The second-order valence-corrected chi connectivity index (χ2v) is 8.15. The molecule has 206 valence electrons. The smallest absolute Gasteiger partial charge is 0.475 e. The number of fused-ring (bicyclic) bond motifs is 1. The van der Waals surface area contributed by atoms with Crippen LogP contribution in [-0.2, 0) is 36.0 Å². The van der Waals surface area contributed by atoms with Crippen LogP contribution >= 0.6 is 0 Å². The lowest BCUT2D eigenvalue weighted by atomic mass is 10.1. The molecule has 0 aromatic carbocycles. The first-order chi connectivity index (χ1) is 17.2. The SMILES string of the molecule is Cn1ccnc1CN1CCc2ncnc(N3CCCC3)c2CC1.O=C(O)C(F)(F)F.O=C(O)C(F)(F)F. The van der Waals surface area contributed by atoms with Gasteiger partial charge in [-0.2, -0.15) is 26.3 Å². The van der Waals surface area contributed by atoms with Crippen LogP contribution in [0.5, 0.6) is 0 Å². The lowest BCUT2D eigenvalue weighted by molar-refractivity contribution is -0.193. The summed E-state index contributed by atoms with van der Waals surface area (Å²) in [7, 11) is 2.06. The molecule has 4 heterocycles. The number of hydrogen-bond donors (Lipinski definition) is 2. The topological polar surface area (TPSA) is 125 Å². The molecule has 0 atom stereocenters. The number of aliphatic carboxylic acids is 2. The fourth-order valence-electron chi connectivity index (χ4n) is 3.66. The molecule has 2 aliphatic heterocycles. The summed E-state index contributed by atoms with van der Waals surface area (Å²) in [5.74, 6) is -3.20. The van der Waals surface area contributed by atoms with Crippen LogP contribution in [0, 0.1) is 0 Å². The zero-order chi connectivity index (χ0) is 27.8. The predicted octanol–water partition coefficient (Wildman–Crippen LogP) is 2.68. The zero-order valence-electron chi connectivity index (χ0n) is 19.8. The number of carboxylic acid groups (broad SMARTS) is 2. The summed E-state index contributed by atoms with van der Waals surface area (Å²) in [6.07, 6.45) is 0.0717. The summed E-state index contributed by atoms with van der Waals surface area (Å²) >= 11 is 0. The number of aryl methyl sites for hydroxylation is 1. The van der Waals surface area contributed by atoms with Gasteiger partial charge >= 0.3 is 24.3 Å². The van der Waals surface area contributed by atoms with E-state index in [2.05, 4.69) is 36.4 Å². The minimum atomic E-state index is -5.08. The summed E-state index contributed by atoms with van der Waals surface area (Å²) in [5.41, 5.74) is 2.61. The Bertz CT molecular complexity index is 1030. The Hall–Kier alpha value is -3.43. The highest BCUT2D eigenvalue weighted by molar-refractivity contribution is 5.73. The summed E-state index contributed by atoms with van der Waals surface area (Å²) in [6.45, 7) is 5.27. The number of alkyl halides is 6. The average molecular weight is 540 g/mol. The highest BCUT2D eigenvalue weighted by Gasteiger charge is 2.38. The van der Waals surface area contributed by atoms with E-state index < -0.39 is 24.3 Å². The van der Waals surface area contributed by atoms with Gasteiger partial charge in [0.1, 0.15) is 18.0 Å². The molecule has 2 aromatic rings. The van der Waals surface area contributed by atoms with Gasteiger partial charge in [0.2, 0.25) is 0 Å².